The molecule has 0 aliphatic carbocycles. The van der Waals surface area contributed by atoms with E-state index in [9.17, 15) is 4.79 Å². The first kappa shape index (κ1) is 15.4. The Bertz CT molecular complexity index is 473. The van der Waals surface area contributed by atoms with Gasteiger partial charge in [-0.1, -0.05) is 13.8 Å². The molecule has 1 amide bonds. The third kappa shape index (κ3) is 3.56. The summed E-state index contributed by atoms with van der Waals surface area (Å²) in [5, 5.41) is 3.86. The largest absolute Gasteiger partial charge is 0.364 e. The molecule has 0 aromatic carbocycles. The number of hydrogen-bond donors (Lipinski definition) is 2. The molecule has 112 valence electrons. The van der Waals surface area contributed by atoms with E-state index in [-0.39, 0.29) is 18.1 Å². The molecule has 1 aliphatic heterocycles. The van der Waals surface area contributed by atoms with Gasteiger partial charge in [-0.3, -0.25) is 4.79 Å². The highest BCUT2D eigenvalue weighted by Crippen LogP contribution is 2.24. The van der Waals surface area contributed by atoms with Gasteiger partial charge in [0, 0.05) is 11.4 Å². The van der Waals surface area contributed by atoms with E-state index in [0.717, 1.165) is 23.5 Å². The molecule has 0 spiro atoms. The maximum atomic E-state index is 12.0. The number of amides is 1. The minimum absolute atomic E-state index is 0.0281. The standard InChI is InChI=1S/C14H23N3O2S/c1-8(2)13-9(3)20-12(17-13)7-16-14(18)11-5-4-10(6-15)19-11/h8,10-11H,4-7,15H2,1-3H3,(H,16,18)/t10-,11+/m1/s1. The molecule has 0 unspecified atom stereocenters. The monoisotopic (exact) mass is 297 g/mol. The summed E-state index contributed by atoms with van der Waals surface area (Å²) in [4.78, 5) is 17.8. The molecule has 0 bridgehead atoms. The van der Waals surface area contributed by atoms with Crippen LogP contribution in [0.1, 0.15) is 48.2 Å². The lowest BCUT2D eigenvalue weighted by molar-refractivity contribution is -0.132. The van der Waals surface area contributed by atoms with E-state index >= 15 is 0 Å². The molecule has 1 saturated heterocycles. The Morgan fingerprint density at radius 2 is 2.30 bits per heavy atom. The van der Waals surface area contributed by atoms with Crippen molar-refractivity contribution in [1.82, 2.24) is 10.3 Å². The second-order valence-electron chi connectivity index (χ2n) is 5.48. The van der Waals surface area contributed by atoms with Crippen LogP contribution < -0.4 is 11.1 Å². The summed E-state index contributed by atoms with van der Waals surface area (Å²) < 4.78 is 5.57. The van der Waals surface area contributed by atoms with Crippen molar-refractivity contribution in [3.05, 3.63) is 15.6 Å². The van der Waals surface area contributed by atoms with Gasteiger partial charge in [-0.2, -0.15) is 0 Å². The molecule has 2 rings (SSSR count). The molecule has 0 radical (unpaired) electrons. The summed E-state index contributed by atoms with van der Waals surface area (Å²) >= 11 is 1.65. The van der Waals surface area contributed by atoms with Crippen LogP contribution in [0.4, 0.5) is 0 Å². The zero-order valence-electron chi connectivity index (χ0n) is 12.3. The summed E-state index contributed by atoms with van der Waals surface area (Å²) in [7, 11) is 0. The van der Waals surface area contributed by atoms with Crippen molar-refractivity contribution >= 4 is 17.2 Å². The van der Waals surface area contributed by atoms with Gasteiger partial charge in [0.25, 0.3) is 0 Å². The molecule has 5 nitrogen and oxygen atoms in total. The van der Waals surface area contributed by atoms with Gasteiger partial charge in [0.2, 0.25) is 5.91 Å². The highest BCUT2D eigenvalue weighted by atomic mass is 32.1. The third-order valence-corrected chi connectivity index (χ3v) is 4.49. The predicted octanol–water partition coefficient (Wildman–Crippen LogP) is 1.70. The zero-order valence-corrected chi connectivity index (χ0v) is 13.1. The molecule has 6 heteroatoms. The van der Waals surface area contributed by atoms with E-state index in [0.29, 0.717) is 19.0 Å². The Hall–Kier alpha value is -0.980. The van der Waals surface area contributed by atoms with E-state index in [1.807, 2.05) is 0 Å². The van der Waals surface area contributed by atoms with Gasteiger partial charge < -0.3 is 15.8 Å². The van der Waals surface area contributed by atoms with Gasteiger partial charge in [0.05, 0.1) is 18.3 Å². The van der Waals surface area contributed by atoms with Gasteiger partial charge in [0.1, 0.15) is 11.1 Å². The minimum Gasteiger partial charge on any atom is -0.364 e. The van der Waals surface area contributed by atoms with Crippen LogP contribution in [0.25, 0.3) is 0 Å². The number of carbonyl (C=O) groups is 1. The first-order valence-corrected chi connectivity index (χ1v) is 7.92. The number of aromatic nitrogens is 1. The van der Waals surface area contributed by atoms with Crippen molar-refractivity contribution in [1.29, 1.82) is 0 Å². The maximum absolute atomic E-state index is 12.0. The van der Waals surface area contributed by atoms with Gasteiger partial charge in [0.15, 0.2) is 0 Å². The van der Waals surface area contributed by atoms with Crippen LogP contribution in [0.5, 0.6) is 0 Å². The molecule has 0 saturated carbocycles. The average Bonchev–Trinajstić information content (AvgIpc) is 3.02. The Labute approximate surface area is 123 Å². The maximum Gasteiger partial charge on any atom is 0.249 e. The molecule has 3 N–H and O–H groups in total. The second-order valence-corrected chi connectivity index (χ2v) is 6.77. The highest BCUT2D eigenvalue weighted by molar-refractivity contribution is 7.11. The Balaban J connectivity index is 1.86. The quantitative estimate of drug-likeness (QED) is 0.867. The van der Waals surface area contributed by atoms with Gasteiger partial charge in [-0.15, -0.1) is 11.3 Å². The summed E-state index contributed by atoms with van der Waals surface area (Å²) in [6.07, 6.45) is 1.29. The topological polar surface area (TPSA) is 77.2 Å². The van der Waals surface area contributed by atoms with Crippen LogP contribution in [-0.4, -0.2) is 29.6 Å². The lowest BCUT2D eigenvalue weighted by Crippen LogP contribution is -2.35. The fraction of sp³-hybridized carbons (Fsp3) is 0.714. The average molecular weight is 297 g/mol. The number of nitrogens with two attached hydrogens (primary N) is 1. The number of aryl methyl sites for hydroxylation is 1. The lowest BCUT2D eigenvalue weighted by atomic mass is 10.1. The second kappa shape index (κ2) is 6.65. The van der Waals surface area contributed by atoms with E-state index in [1.165, 1.54) is 4.88 Å². The predicted molar refractivity (Wildman–Crippen MR) is 79.7 cm³/mol. The fourth-order valence-electron chi connectivity index (χ4n) is 2.42. The van der Waals surface area contributed by atoms with Gasteiger partial charge >= 0.3 is 0 Å². The van der Waals surface area contributed by atoms with E-state index in [1.54, 1.807) is 11.3 Å². The van der Waals surface area contributed by atoms with Crippen LogP contribution in [0.3, 0.4) is 0 Å². The molecule has 20 heavy (non-hydrogen) atoms. The first-order chi connectivity index (χ1) is 9.51. The number of nitrogens with zero attached hydrogens (tertiary/aromatic N) is 1. The van der Waals surface area contributed by atoms with E-state index in [2.05, 4.69) is 31.1 Å². The number of hydrogen-bond acceptors (Lipinski definition) is 5. The molecule has 1 fully saturated rings. The number of thiazole rings is 1. The number of ether oxygens (including phenoxy) is 1. The van der Waals surface area contributed by atoms with Crippen LogP contribution in [0, 0.1) is 6.92 Å². The number of nitrogens with one attached hydrogen (secondary N) is 1. The lowest BCUT2D eigenvalue weighted by Gasteiger charge is -2.11. The van der Waals surface area contributed by atoms with Crippen molar-refractivity contribution in [2.24, 2.45) is 5.73 Å². The Morgan fingerprint density at radius 1 is 1.55 bits per heavy atom. The van der Waals surface area contributed by atoms with Gasteiger partial charge in [-0.25, -0.2) is 4.98 Å². The van der Waals surface area contributed by atoms with Crippen molar-refractivity contribution in [3.63, 3.8) is 0 Å². The smallest absolute Gasteiger partial charge is 0.249 e. The molecular weight excluding hydrogens is 274 g/mol. The SMILES string of the molecule is Cc1sc(CNC(=O)[C@@H]2CC[C@H](CN)O2)nc1C(C)C. The summed E-state index contributed by atoms with van der Waals surface area (Å²) in [6, 6.07) is 0. The molecule has 1 aromatic rings. The van der Waals surface area contributed by atoms with Crippen molar-refractivity contribution in [2.45, 2.75) is 58.3 Å². The fourth-order valence-corrected chi connectivity index (χ4v) is 3.45. The molecule has 1 aromatic heterocycles. The zero-order chi connectivity index (χ0) is 14.7. The van der Waals surface area contributed by atoms with Crippen molar-refractivity contribution < 1.29 is 9.53 Å². The van der Waals surface area contributed by atoms with E-state index < -0.39 is 0 Å². The minimum atomic E-state index is -0.353. The first-order valence-electron chi connectivity index (χ1n) is 7.10. The molecule has 1 aliphatic rings. The number of rotatable bonds is 5. The van der Waals surface area contributed by atoms with E-state index in [4.69, 9.17) is 10.5 Å². The summed E-state index contributed by atoms with van der Waals surface area (Å²) in [6.45, 7) is 7.29. The van der Waals surface area contributed by atoms with Crippen molar-refractivity contribution in [2.75, 3.05) is 6.54 Å². The Kier molecular flexibility index (Phi) is 5.12. The summed E-state index contributed by atoms with van der Waals surface area (Å²) in [5.41, 5.74) is 6.67. The van der Waals surface area contributed by atoms with Crippen LogP contribution in [0.15, 0.2) is 0 Å². The summed E-state index contributed by atoms with van der Waals surface area (Å²) in [5.74, 6) is 0.360. The Morgan fingerprint density at radius 3 is 2.85 bits per heavy atom. The third-order valence-electron chi connectivity index (χ3n) is 3.50. The normalized spacial score (nSPS) is 22.4. The van der Waals surface area contributed by atoms with Crippen molar-refractivity contribution in [3.8, 4) is 0 Å². The molecule has 2 heterocycles. The highest BCUT2D eigenvalue weighted by Gasteiger charge is 2.29. The molecular formula is C14H23N3O2S. The van der Waals surface area contributed by atoms with Crippen LogP contribution in [0.2, 0.25) is 0 Å². The van der Waals surface area contributed by atoms with Crippen LogP contribution >= 0.6 is 11.3 Å². The number of carbonyl (C=O) groups excluding carboxylic acids is 1. The van der Waals surface area contributed by atoms with Crippen LogP contribution in [-0.2, 0) is 16.1 Å². The van der Waals surface area contributed by atoms with Gasteiger partial charge in [-0.05, 0) is 25.7 Å². The molecule has 2 atom stereocenters.